The number of benzene rings is 1. The van der Waals surface area contributed by atoms with Crippen LogP contribution in [0.5, 0.6) is 0 Å². The third kappa shape index (κ3) is 6.71. The Hall–Kier alpha value is -3.49. The molecular formula is C33H44N6O2. The molecule has 0 spiro atoms. The van der Waals surface area contributed by atoms with Crippen LogP contribution in [-0.4, -0.2) is 60.5 Å². The molecule has 2 N–H and O–H groups in total. The van der Waals surface area contributed by atoms with E-state index in [1.54, 1.807) is 0 Å². The Morgan fingerprint density at radius 2 is 1.85 bits per heavy atom. The summed E-state index contributed by atoms with van der Waals surface area (Å²) in [6.45, 7) is 13.9. The van der Waals surface area contributed by atoms with Gasteiger partial charge in [-0.25, -0.2) is 4.98 Å². The van der Waals surface area contributed by atoms with Gasteiger partial charge in [0.1, 0.15) is 5.82 Å². The molecule has 0 radical (unpaired) electrons. The second kappa shape index (κ2) is 12.6. The lowest BCUT2D eigenvalue weighted by molar-refractivity contribution is -0.119. The van der Waals surface area contributed by atoms with Crippen molar-refractivity contribution in [1.82, 2.24) is 20.2 Å². The summed E-state index contributed by atoms with van der Waals surface area (Å²) in [5, 5.41) is 3.50. The average Bonchev–Trinajstić information content (AvgIpc) is 3.81. The highest BCUT2D eigenvalue weighted by Crippen LogP contribution is 2.36. The second-order valence-corrected chi connectivity index (χ2v) is 11.7. The molecule has 41 heavy (non-hydrogen) atoms. The second-order valence-electron chi connectivity index (χ2n) is 11.7. The number of carbonyl (C=O) groups is 1. The third-order valence-corrected chi connectivity index (χ3v) is 8.52. The normalized spacial score (nSPS) is 16.1. The van der Waals surface area contributed by atoms with Crippen molar-refractivity contribution < 1.29 is 4.79 Å². The van der Waals surface area contributed by atoms with Crippen LogP contribution in [-0.2, 0) is 17.9 Å². The van der Waals surface area contributed by atoms with Crippen molar-refractivity contribution in [2.75, 3.05) is 49.6 Å². The Bertz CT molecular complexity index is 1440. The number of nitrogens with one attached hydrogen (secondary N) is 2. The van der Waals surface area contributed by atoms with Gasteiger partial charge >= 0.3 is 0 Å². The van der Waals surface area contributed by atoms with Crippen molar-refractivity contribution in [2.45, 2.75) is 60.0 Å². The molecule has 2 fully saturated rings. The predicted octanol–water partition coefficient (Wildman–Crippen LogP) is 4.56. The van der Waals surface area contributed by atoms with Crippen LogP contribution in [0.1, 0.15) is 54.1 Å². The number of aromatic amines is 1. The Morgan fingerprint density at radius 3 is 2.54 bits per heavy atom. The maximum Gasteiger partial charge on any atom is 0.252 e. The lowest BCUT2D eigenvalue weighted by Gasteiger charge is -2.26. The third-order valence-electron chi connectivity index (χ3n) is 8.52. The molecule has 0 atom stereocenters. The SMILES string of the molecule is CCN(C(=O)C1CC1)c1cc(-c2ccc(N3CCCN(C)CC3)nc2)cc(CNCc2c(C)cc(C)[nH]c2=O)c1C. The maximum absolute atomic E-state index is 13.3. The predicted molar refractivity (Wildman–Crippen MR) is 167 cm³/mol. The molecule has 1 saturated heterocycles. The summed E-state index contributed by atoms with van der Waals surface area (Å²) >= 11 is 0. The van der Waals surface area contributed by atoms with Crippen LogP contribution in [0.15, 0.2) is 41.3 Å². The largest absolute Gasteiger partial charge is 0.355 e. The minimum Gasteiger partial charge on any atom is -0.355 e. The van der Waals surface area contributed by atoms with E-state index < -0.39 is 0 Å². The molecular weight excluding hydrogens is 512 g/mol. The first-order valence-electron chi connectivity index (χ1n) is 15.0. The lowest BCUT2D eigenvalue weighted by atomic mass is 9.97. The summed E-state index contributed by atoms with van der Waals surface area (Å²) in [4.78, 5) is 40.3. The molecule has 1 amide bonds. The van der Waals surface area contributed by atoms with Gasteiger partial charge in [0.05, 0.1) is 0 Å². The number of aromatic nitrogens is 2. The van der Waals surface area contributed by atoms with Crippen LogP contribution < -0.4 is 20.7 Å². The van der Waals surface area contributed by atoms with Crippen LogP contribution in [0.3, 0.4) is 0 Å². The summed E-state index contributed by atoms with van der Waals surface area (Å²) in [5.41, 5.74) is 7.80. The zero-order valence-electron chi connectivity index (χ0n) is 25.2. The quantitative estimate of drug-likeness (QED) is 0.402. The minimum absolute atomic E-state index is 0.0458. The molecule has 1 saturated carbocycles. The number of anilines is 2. The topological polar surface area (TPSA) is 84.6 Å². The van der Waals surface area contributed by atoms with E-state index in [0.29, 0.717) is 19.6 Å². The van der Waals surface area contributed by atoms with E-state index in [0.717, 1.165) is 96.0 Å². The lowest BCUT2D eigenvalue weighted by Crippen LogP contribution is -2.33. The number of carbonyl (C=O) groups excluding carboxylic acids is 1. The summed E-state index contributed by atoms with van der Waals surface area (Å²) in [6, 6.07) is 10.6. The monoisotopic (exact) mass is 556 g/mol. The molecule has 8 heteroatoms. The molecule has 2 aliphatic rings. The van der Waals surface area contributed by atoms with E-state index in [1.165, 1.54) is 0 Å². The van der Waals surface area contributed by atoms with Gasteiger partial charge in [0.2, 0.25) is 5.91 Å². The number of amides is 1. The first-order chi connectivity index (χ1) is 19.7. The van der Waals surface area contributed by atoms with E-state index in [-0.39, 0.29) is 17.4 Å². The standard InChI is InChI=1S/C33H44N6O2/c1-6-39(33(41)25-8-9-25)30-18-27(26-10-11-31(35-20-26)38-13-7-12-37(5)14-15-38)17-28(24(30)4)19-34-21-29-22(2)16-23(3)36-32(29)40/h10-11,16-18,20,25,34H,6-9,12-15,19,21H2,1-5H3,(H,36,40). The Labute approximate surface area is 243 Å². The molecule has 2 aromatic heterocycles. The van der Waals surface area contributed by atoms with E-state index in [1.807, 2.05) is 37.9 Å². The fourth-order valence-electron chi connectivity index (χ4n) is 5.83. The van der Waals surface area contributed by atoms with Gasteiger partial charge in [0.15, 0.2) is 0 Å². The van der Waals surface area contributed by atoms with Gasteiger partial charge < -0.3 is 25.0 Å². The van der Waals surface area contributed by atoms with Gasteiger partial charge in [-0.15, -0.1) is 0 Å². The van der Waals surface area contributed by atoms with Gasteiger partial charge in [-0.1, -0.05) is 0 Å². The highest BCUT2D eigenvalue weighted by atomic mass is 16.2. The number of hydrogen-bond donors (Lipinski definition) is 2. The van der Waals surface area contributed by atoms with E-state index in [9.17, 15) is 9.59 Å². The van der Waals surface area contributed by atoms with Gasteiger partial charge in [0, 0.05) is 73.9 Å². The molecule has 1 aromatic carbocycles. The number of rotatable bonds is 9. The molecule has 1 aliphatic carbocycles. The summed E-state index contributed by atoms with van der Waals surface area (Å²) in [5.74, 6) is 1.37. The zero-order chi connectivity index (χ0) is 29.1. The van der Waals surface area contributed by atoms with E-state index in [4.69, 9.17) is 4.98 Å². The first-order valence-corrected chi connectivity index (χ1v) is 15.0. The van der Waals surface area contributed by atoms with E-state index >= 15 is 0 Å². The van der Waals surface area contributed by atoms with Crippen molar-refractivity contribution in [3.63, 3.8) is 0 Å². The Morgan fingerprint density at radius 1 is 1.05 bits per heavy atom. The molecule has 218 valence electrons. The van der Waals surface area contributed by atoms with Crippen LogP contribution in [0, 0.1) is 26.7 Å². The first kappa shape index (κ1) is 29.0. The molecule has 0 bridgehead atoms. The summed E-state index contributed by atoms with van der Waals surface area (Å²) in [7, 11) is 2.18. The average molecular weight is 557 g/mol. The highest BCUT2D eigenvalue weighted by Gasteiger charge is 2.34. The number of aryl methyl sites for hydroxylation is 2. The maximum atomic E-state index is 13.3. The highest BCUT2D eigenvalue weighted by molar-refractivity contribution is 5.98. The van der Waals surface area contributed by atoms with Crippen molar-refractivity contribution in [3.8, 4) is 11.1 Å². The summed E-state index contributed by atoms with van der Waals surface area (Å²) < 4.78 is 0. The van der Waals surface area contributed by atoms with Crippen LogP contribution in [0.25, 0.3) is 11.1 Å². The van der Waals surface area contributed by atoms with Gasteiger partial charge in [-0.2, -0.15) is 0 Å². The van der Waals surface area contributed by atoms with Crippen LogP contribution >= 0.6 is 0 Å². The Balaban J connectivity index is 1.44. The number of H-pyrrole nitrogens is 1. The van der Waals surface area contributed by atoms with Gasteiger partial charge in [-0.05, 0) is 113 Å². The van der Waals surface area contributed by atoms with Crippen molar-refractivity contribution >= 4 is 17.4 Å². The molecule has 3 heterocycles. The molecule has 1 aliphatic heterocycles. The van der Waals surface area contributed by atoms with Crippen molar-refractivity contribution in [3.05, 3.63) is 74.8 Å². The van der Waals surface area contributed by atoms with Gasteiger partial charge in [0.25, 0.3) is 5.56 Å². The van der Waals surface area contributed by atoms with Crippen LogP contribution in [0.4, 0.5) is 11.5 Å². The van der Waals surface area contributed by atoms with Crippen molar-refractivity contribution in [1.29, 1.82) is 0 Å². The Kier molecular flexibility index (Phi) is 8.90. The smallest absolute Gasteiger partial charge is 0.252 e. The zero-order valence-corrected chi connectivity index (χ0v) is 25.2. The number of nitrogens with zero attached hydrogens (tertiary/aromatic N) is 4. The fourth-order valence-corrected chi connectivity index (χ4v) is 5.83. The van der Waals surface area contributed by atoms with Gasteiger partial charge in [-0.3, -0.25) is 9.59 Å². The number of likely N-dealkylation sites (N-methyl/N-ethyl adjacent to an activating group) is 1. The van der Waals surface area contributed by atoms with Crippen LogP contribution in [0.2, 0.25) is 0 Å². The number of pyridine rings is 2. The van der Waals surface area contributed by atoms with Crippen molar-refractivity contribution in [2.24, 2.45) is 5.92 Å². The molecule has 3 aromatic rings. The number of hydrogen-bond acceptors (Lipinski definition) is 6. The minimum atomic E-state index is -0.0458. The molecule has 8 nitrogen and oxygen atoms in total. The summed E-state index contributed by atoms with van der Waals surface area (Å²) in [6.07, 6.45) is 5.05. The van der Waals surface area contributed by atoms with E-state index in [2.05, 4.69) is 58.3 Å². The molecule has 0 unspecified atom stereocenters. The fraction of sp³-hybridized carbons (Fsp3) is 0.485. The molecule has 5 rings (SSSR count).